The Labute approximate surface area is 179 Å². The number of anilines is 1. The standard InChI is InChI=1S/C22H26F2N2O5/c1-11-17(13-5-6-14(23)18(24)19(13)30-4)20(31-22(11,2)3)21(29)26-12-7-8-25-15(9-12)16(28)10-27/h5-9,11,16-17,20,27-28H,10H2,1-4H3,(H,25,26,29)/t11-,16-,17+,20-/m1/s1. The van der Waals surface area contributed by atoms with Gasteiger partial charge in [0, 0.05) is 23.4 Å². The Morgan fingerprint density at radius 1 is 1.35 bits per heavy atom. The molecule has 3 rings (SSSR count). The highest BCUT2D eigenvalue weighted by Crippen LogP contribution is 2.49. The van der Waals surface area contributed by atoms with Crippen molar-refractivity contribution in [3.63, 3.8) is 0 Å². The number of pyridine rings is 1. The number of ether oxygens (including phenoxy) is 2. The molecule has 0 radical (unpaired) electrons. The minimum absolute atomic E-state index is 0.195. The van der Waals surface area contributed by atoms with Crippen LogP contribution < -0.4 is 10.1 Å². The Balaban J connectivity index is 1.96. The zero-order valence-corrected chi connectivity index (χ0v) is 17.7. The summed E-state index contributed by atoms with van der Waals surface area (Å²) in [5, 5.41) is 21.6. The number of aliphatic hydroxyl groups excluding tert-OH is 2. The van der Waals surface area contributed by atoms with E-state index in [1.165, 1.54) is 31.5 Å². The fraction of sp³-hybridized carbons (Fsp3) is 0.455. The molecule has 4 atom stereocenters. The molecule has 9 heteroatoms. The van der Waals surface area contributed by atoms with Crippen LogP contribution in [0.1, 0.15) is 44.1 Å². The quantitative estimate of drug-likeness (QED) is 0.644. The third-order valence-corrected chi connectivity index (χ3v) is 5.86. The lowest BCUT2D eigenvalue weighted by Crippen LogP contribution is -2.33. The van der Waals surface area contributed by atoms with Crippen LogP contribution in [-0.2, 0) is 9.53 Å². The lowest BCUT2D eigenvalue weighted by molar-refractivity contribution is -0.131. The van der Waals surface area contributed by atoms with Crippen LogP contribution in [0.5, 0.6) is 5.75 Å². The van der Waals surface area contributed by atoms with Crippen molar-refractivity contribution in [2.45, 2.75) is 44.5 Å². The topological polar surface area (TPSA) is 101 Å². The molecule has 1 aliphatic heterocycles. The summed E-state index contributed by atoms with van der Waals surface area (Å²) < 4.78 is 39.3. The van der Waals surface area contributed by atoms with Gasteiger partial charge in [-0.05, 0) is 38.0 Å². The largest absolute Gasteiger partial charge is 0.493 e. The average molecular weight is 436 g/mol. The van der Waals surface area contributed by atoms with Gasteiger partial charge in [0.25, 0.3) is 5.91 Å². The van der Waals surface area contributed by atoms with Crippen molar-refractivity contribution in [3.8, 4) is 5.75 Å². The van der Waals surface area contributed by atoms with E-state index in [2.05, 4.69) is 10.3 Å². The molecule has 0 aliphatic carbocycles. The minimum Gasteiger partial charge on any atom is -0.493 e. The number of carbonyl (C=O) groups excluding carboxylic acids is 1. The molecule has 0 bridgehead atoms. The van der Waals surface area contributed by atoms with Crippen molar-refractivity contribution >= 4 is 11.6 Å². The summed E-state index contributed by atoms with van der Waals surface area (Å²) >= 11 is 0. The maximum Gasteiger partial charge on any atom is 0.254 e. The van der Waals surface area contributed by atoms with E-state index in [1.54, 1.807) is 0 Å². The first-order chi connectivity index (χ1) is 14.6. The molecule has 1 saturated heterocycles. The van der Waals surface area contributed by atoms with Crippen LogP contribution in [0.4, 0.5) is 14.5 Å². The Bertz CT molecular complexity index is 969. The maximum absolute atomic E-state index is 14.4. The van der Waals surface area contributed by atoms with Crippen molar-refractivity contribution in [2.75, 3.05) is 19.0 Å². The van der Waals surface area contributed by atoms with E-state index in [0.29, 0.717) is 11.3 Å². The van der Waals surface area contributed by atoms with Crippen LogP contribution in [-0.4, -0.2) is 46.5 Å². The van der Waals surface area contributed by atoms with Gasteiger partial charge in [0.2, 0.25) is 5.82 Å². The molecule has 2 heterocycles. The molecule has 1 amide bonds. The van der Waals surface area contributed by atoms with Crippen LogP contribution in [0.3, 0.4) is 0 Å². The first kappa shape index (κ1) is 23.1. The second-order valence-electron chi connectivity index (χ2n) is 8.10. The normalized spacial score (nSPS) is 23.4. The number of benzene rings is 1. The molecule has 0 saturated carbocycles. The van der Waals surface area contributed by atoms with Crippen LogP contribution in [0.25, 0.3) is 0 Å². The zero-order chi connectivity index (χ0) is 22.9. The molecule has 1 aromatic heterocycles. The van der Waals surface area contributed by atoms with Gasteiger partial charge >= 0.3 is 0 Å². The lowest BCUT2D eigenvalue weighted by Gasteiger charge is -2.25. The van der Waals surface area contributed by atoms with Gasteiger partial charge in [-0.1, -0.05) is 13.0 Å². The monoisotopic (exact) mass is 436 g/mol. The summed E-state index contributed by atoms with van der Waals surface area (Å²) in [6, 6.07) is 5.38. The predicted octanol–water partition coefficient (Wildman–Crippen LogP) is 2.93. The summed E-state index contributed by atoms with van der Waals surface area (Å²) in [4.78, 5) is 17.1. The third-order valence-electron chi connectivity index (χ3n) is 5.86. The highest BCUT2D eigenvalue weighted by molar-refractivity contribution is 5.95. The van der Waals surface area contributed by atoms with E-state index in [9.17, 15) is 18.7 Å². The number of amides is 1. The summed E-state index contributed by atoms with van der Waals surface area (Å²) in [5.41, 5.74) is 0.157. The Kier molecular flexibility index (Phi) is 6.59. The van der Waals surface area contributed by atoms with Gasteiger partial charge in [-0.15, -0.1) is 0 Å². The van der Waals surface area contributed by atoms with Gasteiger partial charge < -0.3 is 25.0 Å². The van der Waals surface area contributed by atoms with Crippen LogP contribution >= 0.6 is 0 Å². The van der Waals surface area contributed by atoms with Crippen LogP contribution in [0.2, 0.25) is 0 Å². The molecular weight excluding hydrogens is 410 g/mol. The average Bonchev–Trinajstić information content (AvgIpc) is 2.99. The van der Waals surface area contributed by atoms with Crippen molar-refractivity contribution < 1.29 is 33.3 Å². The van der Waals surface area contributed by atoms with E-state index >= 15 is 0 Å². The summed E-state index contributed by atoms with van der Waals surface area (Å²) in [6.45, 7) is 5.01. The van der Waals surface area contributed by atoms with Gasteiger partial charge in [0.1, 0.15) is 12.2 Å². The van der Waals surface area contributed by atoms with Gasteiger partial charge in [-0.25, -0.2) is 4.39 Å². The van der Waals surface area contributed by atoms with E-state index in [1.807, 2.05) is 20.8 Å². The molecule has 1 fully saturated rings. The molecule has 1 aliphatic rings. The number of methoxy groups -OCH3 is 1. The molecule has 0 spiro atoms. The molecule has 2 aromatic rings. The Hall–Kier alpha value is -2.62. The molecule has 168 valence electrons. The fourth-order valence-electron chi connectivity index (χ4n) is 3.88. The van der Waals surface area contributed by atoms with E-state index in [-0.39, 0.29) is 17.4 Å². The summed E-state index contributed by atoms with van der Waals surface area (Å²) in [6.07, 6.45) is -0.803. The Morgan fingerprint density at radius 2 is 2.06 bits per heavy atom. The Morgan fingerprint density at radius 3 is 2.71 bits per heavy atom. The van der Waals surface area contributed by atoms with E-state index in [4.69, 9.17) is 14.6 Å². The van der Waals surface area contributed by atoms with Gasteiger partial charge in [0.05, 0.1) is 25.0 Å². The van der Waals surface area contributed by atoms with E-state index in [0.717, 1.165) is 6.07 Å². The van der Waals surface area contributed by atoms with Gasteiger partial charge in [0.15, 0.2) is 11.6 Å². The summed E-state index contributed by atoms with van der Waals surface area (Å²) in [5.74, 6) is -3.75. The number of hydrogen-bond donors (Lipinski definition) is 3. The molecular formula is C22H26F2N2O5. The highest BCUT2D eigenvalue weighted by Gasteiger charge is 2.51. The number of rotatable bonds is 6. The smallest absolute Gasteiger partial charge is 0.254 e. The van der Waals surface area contributed by atoms with Crippen molar-refractivity contribution in [1.29, 1.82) is 0 Å². The third kappa shape index (κ3) is 4.39. The van der Waals surface area contributed by atoms with E-state index < -0.39 is 47.9 Å². The number of nitrogens with one attached hydrogen (secondary N) is 1. The number of aliphatic hydroxyl groups is 2. The van der Waals surface area contributed by atoms with Gasteiger partial charge in [-0.2, -0.15) is 4.39 Å². The molecule has 1 aromatic carbocycles. The number of carbonyl (C=O) groups is 1. The SMILES string of the molecule is COc1c([C@@H]2[C@@H](C)C(C)(C)O[C@H]2C(=O)Nc2ccnc([C@H](O)CO)c2)ccc(F)c1F. The first-order valence-electron chi connectivity index (χ1n) is 9.86. The van der Waals surface area contributed by atoms with Crippen LogP contribution in [0, 0.1) is 17.6 Å². The van der Waals surface area contributed by atoms with Crippen molar-refractivity contribution in [3.05, 3.63) is 53.4 Å². The molecule has 31 heavy (non-hydrogen) atoms. The van der Waals surface area contributed by atoms with Crippen molar-refractivity contribution in [1.82, 2.24) is 4.98 Å². The van der Waals surface area contributed by atoms with Gasteiger partial charge in [-0.3, -0.25) is 9.78 Å². The predicted molar refractivity (Wildman–Crippen MR) is 109 cm³/mol. The molecule has 3 N–H and O–H groups in total. The lowest BCUT2D eigenvalue weighted by atomic mass is 9.78. The second-order valence-corrected chi connectivity index (χ2v) is 8.10. The number of halogens is 2. The van der Waals surface area contributed by atoms with Crippen LogP contribution in [0.15, 0.2) is 30.5 Å². The second kappa shape index (κ2) is 8.86. The van der Waals surface area contributed by atoms with Crippen molar-refractivity contribution in [2.24, 2.45) is 5.92 Å². The maximum atomic E-state index is 14.4. The summed E-state index contributed by atoms with van der Waals surface area (Å²) in [7, 11) is 1.24. The molecule has 7 nitrogen and oxygen atoms in total. The highest BCUT2D eigenvalue weighted by atomic mass is 19.2. The minimum atomic E-state index is -1.18. The zero-order valence-electron chi connectivity index (χ0n) is 17.7. The first-order valence-corrected chi connectivity index (χ1v) is 9.86. The molecule has 0 unspecified atom stereocenters. The number of hydrogen-bond acceptors (Lipinski definition) is 6. The fourth-order valence-corrected chi connectivity index (χ4v) is 3.88. The number of aromatic nitrogens is 1. The number of nitrogens with zero attached hydrogens (tertiary/aromatic N) is 1.